The Morgan fingerprint density at radius 3 is 2.52 bits per heavy atom. The molecule has 2 bridgehead atoms. The van der Waals surface area contributed by atoms with Gasteiger partial charge in [-0.15, -0.1) is 0 Å². The van der Waals surface area contributed by atoms with Gasteiger partial charge in [0, 0.05) is 102 Å². The number of benzene rings is 3. The van der Waals surface area contributed by atoms with E-state index in [1.54, 1.807) is 27.7 Å². The number of aliphatic hydroxyl groups is 1. The van der Waals surface area contributed by atoms with Crippen molar-refractivity contribution in [2.45, 2.75) is 95.9 Å². The Kier molecular flexibility index (Phi) is 11.0. The number of methoxy groups -OCH3 is 1. The molecule has 56 heavy (non-hydrogen) atoms. The normalized spacial score (nSPS) is 23.0. The number of aryl methyl sites for hydroxylation is 1. The first-order valence-corrected chi connectivity index (χ1v) is 18.7. The minimum atomic E-state index is -1.03. The Bertz CT molecular complexity index is 2200. The van der Waals surface area contributed by atoms with Gasteiger partial charge < -0.3 is 49.9 Å². The molecule has 5 heterocycles. The molecule has 4 aliphatic rings. The van der Waals surface area contributed by atoms with Crippen LogP contribution in [0, 0.1) is 57.9 Å². The van der Waals surface area contributed by atoms with Crippen molar-refractivity contribution in [3.63, 3.8) is 0 Å². The zero-order chi connectivity index (χ0) is 39.1. The van der Waals surface area contributed by atoms with Crippen LogP contribution in [0.3, 0.4) is 0 Å². The first-order chi connectivity index (χ1) is 26.2. The number of nitrogens with zero attached hydrogens (tertiary/aromatic N) is 2. The predicted molar refractivity (Wildman–Crippen MR) is 203 cm³/mol. The first-order valence-electron chi connectivity index (χ1n) is 18.7. The summed E-state index contributed by atoms with van der Waals surface area (Å²) in [6, 6.07) is 6.78. The number of H-pyrrole nitrogens is 1. The van der Waals surface area contributed by atoms with E-state index in [1.165, 1.54) is 7.11 Å². The van der Waals surface area contributed by atoms with E-state index in [9.17, 15) is 24.9 Å². The van der Waals surface area contributed by atoms with Crippen LogP contribution in [0.5, 0.6) is 28.7 Å². The van der Waals surface area contributed by atoms with E-state index in [4.69, 9.17) is 18.9 Å². The second-order valence-corrected chi connectivity index (χ2v) is 16.1. The molecule has 1 aromatic heterocycles. The number of carbonyl (C=O) groups is 2. The van der Waals surface area contributed by atoms with Gasteiger partial charge in [0.25, 0.3) is 0 Å². The van der Waals surface area contributed by atoms with Gasteiger partial charge in [0.05, 0.1) is 25.2 Å². The molecule has 2 amide bonds. The number of para-hydroxylation sites is 1. The van der Waals surface area contributed by atoms with Gasteiger partial charge in [-0.05, 0) is 77.3 Å². The molecule has 6 N–H and O–H groups in total. The number of fused-ring (bicyclic) bond motifs is 10. The summed E-state index contributed by atoms with van der Waals surface area (Å²) in [6.07, 6.45) is 1.02. The van der Waals surface area contributed by atoms with Gasteiger partial charge in [0.1, 0.15) is 23.6 Å². The fraction of sp³-hybridized carbons (Fsp3) is 0.463. The Morgan fingerprint density at radius 1 is 1.05 bits per heavy atom. The van der Waals surface area contributed by atoms with Crippen molar-refractivity contribution in [1.82, 2.24) is 25.4 Å². The van der Waals surface area contributed by atoms with Crippen LogP contribution >= 0.6 is 0 Å². The third-order valence-corrected chi connectivity index (χ3v) is 11.7. The summed E-state index contributed by atoms with van der Waals surface area (Å²) in [5.74, 6) is 0.921. The molecule has 4 aliphatic heterocycles. The molecule has 0 aliphatic carbocycles. The van der Waals surface area contributed by atoms with E-state index < -0.39 is 48.0 Å². The number of carbonyl (C=O) groups excluding carboxylic acids is 2. The zero-order valence-electron chi connectivity index (χ0n) is 32.7. The van der Waals surface area contributed by atoms with Crippen LogP contribution in [0.15, 0.2) is 36.5 Å². The summed E-state index contributed by atoms with van der Waals surface area (Å²) in [6.45, 7) is 8.87. The van der Waals surface area contributed by atoms with Crippen LogP contribution < -0.4 is 24.8 Å². The van der Waals surface area contributed by atoms with Crippen LogP contribution in [-0.4, -0.2) is 99.6 Å². The van der Waals surface area contributed by atoms with Crippen molar-refractivity contribution < 1.29 is 87.9 Å². The van der Waals surface area contributed by atoms with Crippen molar-refractivity contribution >= 4 is 22.9 Å². The van der Waals surface area contributed by atoms with Gasteiger partial charge in [-0.2, -0.15) is 0 Å². The number of phenols is 2. The third kappa shape index (κ3) is 6.77. The number of nitrogens with one attached hydrogen (secondary N) is 3. The van der Waals surface area contributed by atoms with Crippen molar-refractivity contribution in [3.8, 4) is 28.7 Å². The van der Waals surface area contributed by atoms with E-state index in [-0.39, 0.29) is 81.4 Å². The summed E-state index contributed by atoms with van der Waals surface area (Å²) >= 11 is 0. The monoisotopic (exact) mass is 982 g/mol. The van der Waals surface area contributed by atoms with Gasteiger partial charge in [0.15, 0.2) is 23.0 Å². The molecule has 1 saturated heterocycles. The number of hydrogen-bond acceptors (Lipinski definition) is 11. The molecule has 0 spiro atoms. The zero-order valence-corrected chi connectivity index (χ0v) is 37.5. The molecular formula is C41H49AcN5O9. The molecule has 0 saturated carbocycles. The average Bonchev–Trinajstić information content (AvgIpc) is 3.78. The number of aromatic hydroxyl groups is 2. The van der Waals surface area contributed by atoms with E-state index in [0.717, 1.165) is 27.6 Å². The second kappa shape index (κ2) is 15.2. The molecular weight excluding hydrogens is 933 g/mol. The number of amides is 2. The van der Waals surface area contributed by atoms with Gasteiger partial charge in [-0.25, -0.2) is 4.79 Å². The van der Waals surface area contributed by atoms with Gasteiger partial charge in [-0.3, -0.25) is 14.6 Å². The largest absolute Gasteiger partial charge is 0.507 e. The average molecular weight is 983 g/mol. The van der Waals surface area contributed by atoms with Gasteiger partial charge in [0.2, 0.25) is 12.7 Å². The number of rotatable bonds is 7. The quantitative estimate of drug-likeness (QED) is 0.155. The maximum Gasteiger partial charge on any atom is 0.408 e. The molecule has 14 nitrogen and oxygen atoms in total. The van der Waals surface area contributed by atoms with E-state index >= 15 is 0 Å². The second-order valence-electron chi connectivity index (χ2n) is 16.1. The van der Waals surface area contributed by atoms with Gasteiger partial charge in [-0.1, -0.05) is 24.3 Å². The van der Waals surface area contributed by atoms with Crippen molar-refractivity contribution in [3.05, 3.63) is 75.5 Å². The van der Waals surface area contributed by atoms with Crippen molar-refractivity contribution in [2.75, 3.05) is 27.5 Å². The minimum absolute atomic E-state index is 0. The molecule has 1 radical (unpaired) electrons. The maximum absolute atomic E-state index is 14.4. The number of phenolic OH excluding ortho intramolecular Hbond substituents is 2. The van der Waals surface area contributed by atoms with Crippen molar-refractivity contribution in [2.24, 2.45) is 0 Å². The van der Waals surface area contributed by atoms with Gasteiger partial charge >= 0.3 is 6.09 Å². The topological polar surface area (TPSA) is 178 Å². The molecule has 1 fully saturated rings. The van der Waals surface area contributed by atoms with Crippen molar-refractivity contribution in [1.29, 1.82) is 0 Å². The SMILES string of the molecule is COc1c(C)cc2c(c1O)[C@@H]1C3Cc4c(O)c(C)c5c(c4[C@H](CNC(=O)[C@H](Cc4c[nH]c6ccccc46)NC(=O)OC(C)(C)C)N3[C@@H](O)[C@H](C2)N1C)OCO5.[Ac]. The fourth-order valence-electron chi connectivity index (χ4n) is 9.35. The maximum atomic E-state index is 14.4. The molecule has 3 aromatic carbocycles. The molecule has 15 heteroatoms. The Morgan fingerprint density at radius 2 is 1.79 bits per heavy atom. The number of aromatic nitrogens is 1. The summed E-state index contributed by atoms with van der Waals surface area (Å²) in [5.41, 5.74) is 5.16. The van der Waals surface area contributed by atoms with Crippen LogP contribution in [0.1, 0.15) is 71.8 Å². The van der Waals surface area contributed by atoms with E-state index in [0.29, 0.717) is 52.3 Å². The predicted octanol–water partition coefficient (Wildman–Crippen LogP) is 4.38. The van der Waals surface area contributed by atoms with Crippen LogP contribution in [0.25, 0.3) is 10.9 Å². The first kappa shape index (κ1) is 40.5. The van der Waals surface area contributed by atoms with Crippen LogP contribution in [0.4, 0.5) is 4.79 Å². The molecule has 1 unspecified atom stereocenters. The number of hydrogen-bond donors (Lipinski definition) is 6. The molecule has 6 atom stereocenters. The number of aromatic amines is 1. The van der Waals surface area contributed by atoms with E-state index in [1.807, 2.05) is 55.4 Å². The number of ether oxygens (including phenoxy) is 4. The fourth-order valence-corrected chi connectivity index (χ4v) is 9.35. The molecule has 4 aromatic rings. The minimum Gasteiger partial charge on any atom is -0.507 e. The summed E-state index contributed by atoms with van der Waals surface area (Å²) in [4.78, 5) is 34.9. The Labute approximate surface area is 361 Å². The summed E-state index contributed by atoms with van der Waals surface area (Å²) < 4.78 is 23.1. The number of aliphatic hydroxyl groups excluding tert-OH is 1. The number of likely N-dealkylation sites (N-methyl/N-ethyl adjacent to an activating group) is 1. The summed E-state index contributed by atoms with van der Waals surface area (Å²) in [5, 5.41) is 42.7. The van der Waals surface area contributed by atoms with Crippen LogP contribution in [-0.2, 0) is 28.8 Å². The third-order valence-electron chi connectivity index (χ3n) is 11.7. The summed E-state index contributed by atoms with van der Waals surface area (Å²) in [7, 11) is 3.47. The number of piperazine rings is 1. The Hall–Kier alpha value is -3.74. The standard InChI is InChI=1S/C41H49N5O9.Ac/c1-19-12-21-14-28-39(50)46-27(32(45(28)6)30(21)34(48)35(19)52-7)15-24-31(37-36(53-18-54-37)20(2)33(24)47)29(46)17-43-38(49)26(44-40(51)55-41(3,4)5)13-22-16-42-25-11-9-8-10-23(22)25;/h8-12,16,26-29,32,39,42,47-48,50H,13-15,17-18H2,1-7H3,(H,43,49)(H,44,51);/t26-,27?,28-,29-,32-,39-;/m0./s1. The molecule has 8 rings (SSSR count). The smallest absolute Gasteiger partial charge is 0.408 e. The van der Waals surface area contributed by atoms with E-state index in [2.05, 4.69) is 20.5 Å². The number of alkyl carbamates (subject to hydrolysis) is 1. The van der Waals surface area contributed by atoms with Crippen LogP contribution in [0.2, 0.25) is 0 Å². The Balaban J connectivity index is 0.00000480. The molecule has 295 valence electrons.